The number of hydrogen-bond acceptors (Lipinski definition) is 4. The van der Waals surface area contributed by atoms with Crippen LogP contribution in [-0.2, 0) is 4.79 Å². The minimum absolute atomic E-state index is 0.0359. The van der Waals surface area contributed by atoms with E-state index in [-0.39, 0.29) is 12.0 Å². The molecule has 0 radical (unpaired) electrons. The molecule has 2 fully saturated rings. The molecule has 2 saturated heterocycles. The summed E-state index contributed by atoms with van der Waals surface area (Å²) in [5.41, 5.74) is 2.73. The van der Waals surface area contributed by atoms with Crippen LogP contribution in [0.15, 0.2) is 42.7 Å². The average Bonchev–Trinajstić information content (AvgIpc) is 3.00. The second kappa shape index (κ2) is 7.15. The molecule has 2 aliphatic heterocycles. The van der Waals surface area contributed by atoms with E-state index < -0.39 is 5.97 Å². The lowest BCUT2D eigenvalue weighted by Gasteiger charge is -2.39. The molecule has 29 heavy (non-hydrogen) atoms. The third-order valence-corrected chi connectivity index (χ3v) is 7.00. The Morgan fingerprint density at radius 3 is 2.66 bits per heavy atom. The Morgan fingerprint density at radius 1 is 1.03 bits per heavy atom. The number of rotatable bonds is 3. The SMILES string of the molecule is O=C(O)C1CCC2CCC1N2c1ncnc2cccc(-c3ccc(Cl)c(Cl)c3)c12. The molecule has 0 spiro atoms. The number of hydrogen-bond donors (Lipinski definition) is 1. The van der Waals surface area contributed by atoms with E-state index >= 15 is 0 Å². The molecule has 3 unspecified atom stereocenters. The molecule has 0 saturated carbocycles. The summed E-state index contributed by atoms with van der Waals surface area (Å²) in [4.78, 5) is 23.2. The predicted octanol–water partition coefficient (Wildman–Crippen LogP) is 5.44. The van der Waals surface area contributed by atoms with Crippen LogP contribution >= 0.6 is 23.2 Å². The lowest BCUT2D eigenvalue weighted by atomic mass is 9.89. The van der Waals surface area contributed by atoms with Crippen molar-refractivity contribution in [3.63, 3.8) is 0 Å². The van der Waals surface area contributed by atoms with E-state index in [0.29, 0.717) is 16.1 Å². The highest BCUT2D eigenvalue weighted by atomic mass is 35.5. The number of carboxylic acid groups (broad SMARTS) is 1. The van der Waals surface area contributed by atoms with Gasteiger partial charge in [-0.2, -0.15) is 0 Å². The first kappa shape index (κ1) is 18.6. The number of nitrogens with zero attached hydrogens (tertiary/aromatic N) is 3. The van der Waals surface area contributed by atoms with E-state index in [9.17, 15) is 9.90 Å². The van der Waals surface area contributed by atoms with Gasteiger partial charge in [0.1, 0.15) is 12.1 Å². The molecular weight excluding hydrogens is 409 g/mol. The summed E-state index contributed by atoms with van der Waals surface area (Å²) < 4.78 is 0. The maximum atomic E-state index is 11.9. The first-order valence-electron chi connectivity index (χ1n) is 9.75. The highest BCUT2D eigenvalue weighted by Gasteiger charge is 2.46. The van der Waals surface area contributed by atoms with Crippen molar-refractivity contribution in [1.29, 1.82) is 0 Å². The number of benzene rings is 2. The van der Waals surface area contributed by atoms with Gasteiger partial charge in [-0.1, -0.05) is 41.4 Å². The van der Waals surface area contributed by atoms with Gasteiger partial charge >= 0.3 is 5.97 Å². The van der Waals surface area contributed by atoms with Crippen LogP contribution in [0.1, 0.15) is 25.7 Å². The second-order valence-electron chi connectivity index (χ2n) is 7.75. The third-order valence-electron chi connectivity index (χ3n) is 6.26. The Morgan fingerprint density at radius 2 is 1.86 bits per heavy atom. The smallest absolute Gasteiger partial charge is 0.308 e. The normalized spacial score (nSPS) is 23.5. The van der Waals surface area contributed by atoms with Gasteiger partial charge in [0, 0.05) is 12.1 Å². The van der Waals surface area contributed by atoms with Crippen LogP contribution in [0.3, 0.4) is 0 Å². The fourth-order valence-electron chi connectivity index (χ4n) is 4.97. The van der Waals surface area contributed by atoms with Crippen molar-refractivity contribution < 1.29 is 9.90 Å². The summed E-state index contributed by atoms with van der Waals surface area (Å²) >= 11 is 12.4. The van der Waals surface area contributed by atoms with E-state index in [4.69, 9.17) is 23.2 Å². The number of halogens is 2. The predicted molar refractivity (Wildman–Crippen MR) is 115 cm³/mol. The third kappa shape index (κ3) is 3.04. The highest BCUT2D eigenvalue weighted by Crippen LogP contribution is 2.45. The number of fused-ring (bicyclic) bond motifs is 3. The molecule has 2 bridgehead atoms. The Balaban J connectivity index is 1.71. The standard InChI is InChI=1S/C22H19Cl2N3O2/c23-16-8-4-12(10-17(16)24)14-2-1-3-18-20(14)21(26-11-25-18)27-13-5-7-15(22(28)29)19(27)9-6-13/h1-4,8,10-11,13,15,19H,5-7,9H2,(H,28,29). The van der Waals surface area contributed by atoms with Gasteiger partial charge in [0.2, 0.25) is 0 Å². The molecule has 7 heteroatoms. The van der Waals surface area contributed by atoms with Crippen LogP contribution in [0.25, 0.3) is 22.0 Å². The Kier molecular flexibility index (Phi) is 4.60. The van der Waals surface area contributed by atoms with Gasteiger partial charge in [0.05, 0.1) is 26.9 Å². The molecule has 3 heterocycles. The summed E-state index contributed by atoms with van der Waals surface area (Å²) in [5, 5.41) is 11.7. The zero-order valence-electron chi connectivity index (χ0n) is 15.6. The number of carbonyl (C=O) groups is 1. The fourth-order valence-corrected chi connectivity index (χ4v) is 5.26. The first-order valence-corrected chi connectivity index (χ1v) is 10.5. The zero-order valence-corrected chi connectivity index (χ0v) is 17.1. The maximum absolute atomic E-state index is 11.9. The van der Waals surface area contributed by atoms with Crippen molar-refractivity contribution in [1.82, 2.24) is 9.97 Å². The van der Waals surface area contributed by atoms with Crippen molar-refractivity contribution in [2.24, 2.45) is 5.92 Å². The van der Waals surface area contributed by atoms with Crippen molar-refractivity contribution in [3.05, 3.63) is 52.8 Å². The van der Waals surface area contributed by atoms with Gasteiger partial charge in [-0.3, -0.25) is 4.79 Å². The topological polar surface area (TPSA) is 66.3 Å². The van der Waals surface area contributed by atoms with Crippen LogP contribution in [0, 0.1) is 5.92 Å². The largest absolute Gasteiger partial charge is 0.481 e. The van der Waals surface area contributed by atoms with Crippen LogP contribution in [0.2, 0.25) is 10.0 Å². The van der Waals surface area contributed by atoms with Gasteiger partial charge in [0.15, 0.2) is 0 Å². The van der Waals surface area contributed by atoms with Crippen LogP contribution in [0.5, 0.6) is 0 Å². The zero-order chi connectivity index (χ0) is 20.1. The van der Waals surface area contributed by atoms with E-state index in [1.807, 2.05) is 30.3 Å². The lowest BCUT2D eigenvalue weighted by molar-refractivity contribution is -0.143. The van der Waals surface area contributed by atoms with Gasteiger partial charge in [-0.15, -0.1) is 0 Å². The fraction of sp³-hybridized carbons (Fsp3) is 0.318. The molecule has 0 aliphatic carbocycles. The number of anilines is 1. The van der Waals surface area contributed by atoms with E-state index in [1.165, 1.54) is 0 Å². The monoisotopic (exact) mass is 427 g/mol. The van der Waals surface area contributed by atoms with Gasteiger partial charge in [-0.25, -0.2) is 9.97 Å². The molecule has 1 N–H and O–H groups in total. The average molecular weight is 428 g/mol. The molecular formula is C22H19Cl2N3O2. The summed E-state index contributed by atoms with van der Waals surface area (Å²) in [6, 6.07) is 11.8. The summed E-state index contributed by atoms with van der Waals surface area (Å²) in [6.45, 7) is 0. The van der Waals surface area contributed by atoms with Crippen molar-refractivity contribution >= 4 is 45.9 Å². The molecule has 2 aromatic carbocycles. The Labute approximate surface area is 178 Å². The molecule has 3 atom stereocenters. The first-order chi connectivity index (χ1) is 14.0. The van der Waals surface area contributed by atoms with Crippen LogP contribution < -0.4 is 4.90 Å². The molecule has 5 nitrogen and oxygen atoms in total. The summed E-state index contributed by atoms with van der Waals surface area (Å²) in [6.07, 6.45) is 5.04. The molecule has 1 aromatic heterocycles. The number of piperidine rings is 1. The maximum Gasteiger partial charge on any atom is 0.308 e. The van der Waals surface area contributed by atoms with Gasteiger partial charge < -0.3 is 10.0 Å². The van der Waals surface area contributed by atoms with E-state index in [0.717, 1.165) is 53.5 Å². The van der Waals surface area contributed by atoms with Crippen molar-refractivity contribution in [3.8, 4) is 11.1 Å². The molecule has 148 valence electrons. The van der Waals surface area contributed by atoms with Crippen LogP contribution in [-0.4, -0.2) is 33.1 Å². The lowest BCUT2D eigenvalue weighted by Crippen LogP contribution is -2.48. The quantitative estimate of drug-likeness (QED) is 0.602. The number of carboxylic acids is 1. The summed E-state index contributed by atoms with van der Waals surface area (Å²) in [7, 11) is 0. The molecule has 2 aliphatic rings. The van der Waals surface area contributed by atoms with Crippen molar-refractivity contribution in [2.75, 3.05) is 4.90 Å². The van der Waals surface area contributed by atoms with Gasteiger partial charge in [-0.05, 0) is 55.0 Å². The summed E-state index contributed by atoms with van der Waals surface area (Å²) in [5.74, 6) is -0.269. The Hall–Kier alpha value is -2.37. The second-order valence-corrected chi connectivity index (χ2v) is 8.57. The van der Waals surface area contributed by atoms with Crippen molar-refractivity contribution in [2.45, 2.75) is 37.8 Å². The highest BCUT2D eigenvalue weighted by molar-refractivity contribution is 6.42. The molecule has 3 aromatic rings. The Bertz CT molecular complexity index is 1120. The van der Waals surface area contributed by atoms with Gasteiger partial charge in [0.25, 0.3) is 0 Å². The number of aliphatic carboxylic acids is 1. The van der Waals surface area contributed by atoms with E-state index in [2.05, 4.69) is 14.9 Å². The minimum atomic E-state index is -0.719. The van der Waals surface area contributed by atoms with E-state index in [1.54, 1.807) is 12.4 Å². The number of aromatic nitrogens is 2. The minimum Gasteiger partial charge on any atom is -0.481 e. The molecule has 5 rings (SSSR count). The van der Waals surface area contributed by atoms with Crippen LogP contribution in [0.4, 0.5) is 5.82 Å². The molecule has 0 amide bonds.